The summed E-state index contributed by atoms with van der Waals surface area (Å²) >= 11 is 0. The Morgan fingerprint density at radius 3 is 1.81 bits per heavy atom. The summed E-state index contributed by atoms with van der Waals surface area (Å²) in [6, 6.07) is 15.0. The third-order valence-corrected chi connectivity index (χ3v) is 5.88. The minimum Gasteiger partial charge on any atom is -0.364 e. The van der Waals surface area contributed by atoms with Crippen LogP contribution in [0.2, 0.25) is 0 Å². The molecule has 0 saturated heterocycles. The normalized spacial score (nSPS) is 12.1. The fourth-order valence-corrected chi connectivity index (χ4v) is 3.84. The third kappa shape index (κ3) is 9.08. The fourth-order valence-electron chi connectivity index (χ4n) is 3.84. The predicted molar refractivity (Wildman–Crippen MR) is 154 cm³/mol. The molecule has 1 heterocycles. The number of aryl methyl sites for hydroxylation is 3. The average Bonchev–Trinajstić information content (AvgIpc) is 2.76. The first kappa shape index (κ1) is 31.3. The largest absolute Gasteiger partial charge is 0.364 e. The SMILES string of the molecule is CC(=Nc1cc(C(C)(C)C)cc(C(C)(C)C)c1)c1cccnc1.[CH2-]C=Nc1c(C)cc(C)cc1C.[Fe]. The van der Waals surface area contributed by atoms with Crippen LogP contribution in [0.15, 0.2) is 64.8 Å². The van der Waals surface area contributed by atoms with Gasteiger partial charge in [0.1, 0.15) is 0 Å². The Morgan fingerprint density at radius 2 is 1.39 bits per heavy atom. The number of aliphatic imine (C=N–C) groups is 2. The number of benzene rings is 2. The van der Waals surface area contributed by atoms with Gasteiger partial charge in [-0.05, 0) is 79.0 Å². The molecule has 0 atom stereocenters. The zero-order valence-corrected chi connectivity index (χ0v) is 24.8. The number of pyridine rings is 1. The van der Waals surface area contributed by atoms with Crippen molar-refractivity contribution in [1.29, 1.82) is 0 Å². The summed E-state index contributed by atoms with van der Waals surface area (Å²) in [4.78, 5) is 13.2. The number of aromatic nitrogens is 1. The Balaban J connectivity index is 0.000000422. The first-order chi connectivity index (χ1) is 16.2. The van der Waals surface area contributed by atoms with Crippen LogP contribution in [-0.4, -0.2) is 16.9 Å². The average molecular weight is 525 g/mol. The summed E-state index contributed by atoms with van der Waals surface area (Å²) in [5, 5.41) is 0. The van der Waals surface area contributed by atoms with E-state index in [0.717, 1.165) is 22.6 Å². The summed E-state index contributed by atoms with van der Waals surface area (Å²) in [5.41, 5.74) is 10.7. The van der Waals surface area contributed by atoms with E-state index in [1.54, 1.807) is 12.4 Å². The van der Waals surface area contributed by atoms with Crippen LogP contribution in [0, 0.1) is 27.7 Å². The zero-order chi connectivity index (χ0) is 26.4. The molecule has 2 aromatic carbocycles. The molecule has 3 nitrogen and oxygen atoms in total. The van der Waals surface area contributed by atoms with Crippen molar-refractivity contribution in [3.05, 3.63) is 95.2 Å². The van der Waals surface area contributed by atoms with Gasteiger partial charge in [-0.3, -0.25) is 15.0 Å². The van der Waals surface area contributed by atoms with E-state index in [-0.39, 0.29) is 27.9 Å². The smallest absolute Gasteiger partial charge is 0.0653 e. The van der Waals surface area contributed by atoms with Crippen molar-refractivity contribution >= 4 is 23.3 Å². The van der Waals surface area contributed by atoms with Gasteiger partial charge < -0.3 is 6.92 Å². The van der Waals surface area contributed by atoms with E-state index in [4.69, 9.17) is 4.99 Å². The third-order valence-electron chi connectivity index (χ3n) is 5.88. The van der Waals surface area contributed by atoms with Crippen molar-refractivity contribution in [2.45, 2.75) is 80.1 Å². The number of rotatable bonds is 3. The maximum absolute atomic E-state index is 4.85. The molecule has 0 spiro atoms. The minimum atomic E-state index is 0. The van der Waals surface area contributed by atoms with Gasteiger partial charge >= 0.3 is 0 Å². The van der Waals surface area contributed by atoms with Crippen molar-refractivity contribution in [3.8, 4) is 0 Å². The van der Waals surface area contributed by atoms with Crippen LogP contribution in [0.4, 0.5) is 11.4 Å². The minimum absolute atomic E-state index is 0. The molecule has 0 bridgehead atoms. The van der Waals surface area contributed by atoms with Crippen LogP contribution >= 0.6 is 0 Å². The van der Waals surface area contributed by atoms with Gasteiger partial charge in [0.05, 0.1) is 11.4 Å². The number of nitrogens with zero attached hydrogens (tertiary/aromatic N) is 3. The van der Waals surface area contributed by atoms with Crippen molar-refractivity contribution in [3.63, 3.8) is 0 Å². The quantitative estimate of drug-likeness (QED) is 0.191. The number of hydrogen-bond donors (Lipinski definition) is 0. The van der Waals surface area contributed by atoms with Crippen LogP contribution in [0.25, 0.3) is 0 Å². The van der Waals surface area contributed by atoms with Gasteiger partial charge in [-0.2, -0.15) is 0 Å². The van der Waals surface area contributed by atoms with Crippen LogP contribution in [0.3, 0.4) is 0 Å². The molecule has 0 fully saturated rings. The molecule has 4 heteroatoms. The molecular weight excluding hydrogens is 482 g/mol. The second-order valence-corrected chi connectivity index (χ2v) is 11.3. The summed E-state index contributed by atoms with van der Waals surface area (Å²) < 4.78 is 0. The summed E-state index contributed by atoms with van der Waals surface area (Å²) in [7, 11) is 0. The van der Waals surface area contributed by atoms with Crippen molar-refractivity contribution in [2.75, 3.05) is 0 Å². The topological polar surface area (TPSA) is 37.6 Å². The second kappa shape index (κ2) is 13.0. The van der Waals surface area contributed by atoms with Crippen LogP contribution in [-0.2, 0) is 27.9 Å². The molecular formula is C32H42FeN3-. The van der Waals surface area contributed by atoms with E-state index in [1.165, 1.54) is 27.8 Å². The van der Waals surface area contributed by atoms with E-state index in [9.17, 15) is 0 Å². The zero-order valence-electron chi connectivity index (χ0n) is 23.7. The molecule has 0 saturated carbocycles. The van der Waals surface area contributed by atoms with E-state index >= 15 is 0 Å². The van der Waals surface area contributed by atoms with Gasteiger partial charge in [0, 0.05) is 40.7 Å². The Bertz CT molecular complexity index is 1140. The molecule has 0 aliphatic rings. The van der Waals surface area contributed by atoms with Gasteiger partial charge in [0.2, 0.25) is 0 Å². The second-order valence-electron chi connectivity index (χ2n) is 11.3. The molecule has 194 valence electrons. The maximum Gasteiger partial charge on any atom is 0.0653 e. The van der Waals surface area contributed by atoms with Crippen LogP contribution < -0.4 is 0 Å². The Hall–Kier alpha value is -2.68. The first-order valence-electron chi connectivity index (χ1n) is 12.2. The van der Waals surface area contributed by atoms with Gasteiger partial charge in [0.15, 0.2) is 0 Å². The van der Waals surface area contributed by atoms with Gasteiger partial charge in [0.25, 0.3) is 0 Å². The Morgan fingerprint density at radius 1 is 0.861 bits per heavy atom. The molecule has 0 aliphatic carbocycles. The molecule has 0 radical (unpaired) electrons. The fraction of sp³-hybridized carbons (Fsp3) is 0.375. The first-order valence-corrected chi connectivity index (χ1v) is 12.2. The van der Waals surface area contributed by atoms with Crippen molar-refractivity contribution in [2.24, 2.45) is 9.98 Å². The van der Waals surface area contributed by atoms with Gasteiger partial charge in [-0.1, -0.05) is 71.4 Å². The molecule has 1 aromatic heterocycles. The molecule has 0 aliphatic heterocycles. The molecule has 0 N–H and O–H groups in total. The maximum atomic E-state index is 4.85. The predicted octanol–water partition coefficient (Wildman–Crippen LogP) is 8.96. The van der Waals surface area contributed by atoms with Crippen LogP contribution in [0.1, 0.15) is 81.8 Å². The van der Waals surface area contributed by atoms with E-state index < -0.39 is 0 Å². The number of hydrogen-bond acceptors (Lipinski definition) is 3. The summed E-state index contributed by atoms with van der Waals surface area (Å²) in [5.74, 6) is 0. The van der Waals surface area contributed by atoms with E-state index in [1.807, 2.05) is 25.3 Å². The monoisotopic (exact) mass is 524 g/mol. The molecule has 0 unspecified atom stereocenters. The van der Waals surface area contributed by atoms with Crippen molar-refractivity contribution in [1.82, 2.24) is 4.98 Å². The van der Waals surface area contributed by atoms with E-state index in [0.29, 0.717) is 0 Å². The summed E-state index contributed by atoms with van der Waals surface area (Å²) in [6.45, 7) is 25.3. The standard InChI is InChI=1S/C21H28N2.C11H14N.Fe/c1-15(16-9-8-10-22-14-16)23-19-12-17(20(2,3)4)11-18(13-19)21(5,6)7;1-5-12-11-9(3)6-8(2)7-10(11)4;/h8-14H,1-7H3;5-7H,1H2,2-4H3;/q;-1;. The molecule has 3 aromatic rings. The molecule has 36 heavy (non-hydrogen) atoms. The van der Waals surface area contributed by atoms with Crippen molar-refractivity contribution < 1.29 is 17.1 Å². The van der Waals surface area contributed by atoms with Gasteiger partial charge in [-0.25, -0.2) is 0 Å². The molecule has 3 rings (SSSR count). The van der Waals surface area contributed by atoms with Crippen LogP contribution in [0.5, 0.6) is 0 Å². The summed E-state index contributed by atoms with van der Waals surface area (Å²) in [6.07, 6.45) is 5.23. The Labute approximate surface area is 230 Å². The Kier molecular flexibility index (Phi) is 11.3. The van der Waals surface area contributed by atoms with E-state index in [2.05, 4.69) is 110 Å². The molecule has 0 amide bonds. The van der Waals surface area contributed by atoms with Gasteiger partial charge in [-0.15, -0.1) is 6.21 Å².